The van der Waals surface area contributed by atoms with Gasteiger partial charge in [0.25, 0.3) is 0 Å². The molecule has 8 heteroatoms. The smallest absolute Gasteiger partial charge is 0.248 e. The highest BCUT2D eigenvalue weighted by molar-refractivity contribution is 5.76. The first-order valence-electron chi connectivity index (χ1n) is 8.41. The Morgan fingerprint density at radius 2 is 2.08 bits per heavy atom. The van der Waals surface area contributed by atoms with E-state index in [1.165, 1.54) is 11.0 Å². The zero-order valence-electron chi connectivity index (χ0n) is 14.9. The summed E-state index contributed by atoms with van der Waals surface area (Å²) in [6.45, 7) is 2.15. The standard InChI is InChI=1S/C18H22F2N4O2/c1-22(2)18(25)12-26-15-10-23(9-14-5-6-21-24(14)11-15)8-13-3-4-16(19)17(20)7-13/h3-7,15H,8-12H2,1-2H3/t15-/m0/s1. The zero-order valence-corrected chi connectivity index (χ0v) is 14.9. The predicted molar refractivity (Wildman–Crippen MR) is 91.1 cm³/mol. The molecule has 0 spiro atoms. The summed E-state index contributed by atoms with van der Waals surface area (Å²) < 4.78 is 34.3. The minimum Gasteiger partial charge on any atom is -0.365 e. The average molecular weight is 364 g/mol. The Morgan fingerprint density at radius 1 is 1.27 bits per heavy atom. The van der Waals surface area contributed by atoms with E-state index in [0.29, 0.717) is 31.7 Å². The highest BCUT2D eigenvalue weighted by atomic mass is 19.2. The Bertz CT molecular complexity index is 778. The van der Waals surface area contributed by atoms with Gasteiger partial charge in [-0.05, 0) is 23.8 Å². The first kappa shape index (κ1) is 18.5. The Morgan fingerprint density at radius 3 is 2.81 bits per heavy atom. The Labute approximate surface area is 151 Å². The minimum atomic E-state index is -0.855. The number of carbonyl (C=O) groups is 1. The molecule has 0 bridgehead atoms. The van der Waals surface area contributed by atoms with Crippen molar-refractivity contribution in [3.8, 4) is 0 Å². The lowest BCUT2D eigenvalue weighted by Gasteiger charge is -2.24. The fourth-order valence-corrected chi connectivity index (χ4v) is 2.93. The van der Waals surface area contributed by atoms with Gasteiger partial charge in [-0.1, -0.05) is 6.07 Å². The third kappa shape index (κ3) is 4.44. The van der Waals surface area contributed by atoms with E-state index < -0.39 is 11.6 Å². The first-order chi connectivity index (χ1) is 12.4. The second-order valence-electron chi connectivity index (χ2n) is 6.64. The third-order valence-electron chi connectivity index (χ3n) is 4.36. The van der Waals surface area contributed by atoms with Crippen LogP contribution in [0.5, 0.6) is 0 Å². The topological polar surface area (TPSA) is 50.6 Å². The highest BCUT2D eigenvalue weighted by Crippen LogP contribution is 2.18. The fourth-order valence-electron chi connectivity index (χ4n) is 2.93. The number of fused-ring (bicyclic) bond motifs is 1. The highest BCUT2D eigenvalue weighted by Gasteiger charge is 2.24. The molecule has 1 atom stereocenters. The molecule has 1 aliphatic heterocycles. The largest absolute Gasteiger partial charge is 0.365 e. The number of hydrogen-bond donors (Lipinski definition) is 0. The number of ether oxygens (including phenoxy) is 1. The molecule has 0 saturated carbocycles. The summed E-state index contributed by atoms with van der Waals surface area (Å²) in [7, 11) is 3.36. The van der Waals surface area contributed by atoms with E-state index >= 15 is 0 Å². The van der Waals surface area contributed by atoms with Crippen molar-refractivity contribution in [2.75, 3.05) is 27.2 Å². The number of rotatable bonds is 5. The van der Waals surface area contributed by atoms with Crippen molar-refractivity contribution >= 4 is 5.91 Å². The molecule has 1 amide bonds. The summed E-state index contributed by atoms with van der Waals surface area (Å²) in [4.78, 5) is 15.4. The van der Waals surface area contributed by atoms with Gasteiger partial charge in [-0.2, -0.15) is 5.10 Å². The van der Waals surface area contributed by atoms with E-state index in [1.54, 1.807) is 26.4 Å². The van der Waals surface area contributed by atoms with Crippen molar-refractivity contribution in [2.24, 2.45) is 0 Å². The van der Waals surface area contributed by atoms with Crippen LogP contribution in [0.15, 0.2) is 30.5 Å². The summed E-state index contributed by atoms with van der Waals surface area (Å²) in [6, 6.07) is 5.84. The van der Waals surface area contributed by atoms with Crippen molar-refractivity contribution in [1.82, 2.24) is 19.6 Å². The van der Waals surface area contributed by atoms with Gasteiger partial charge in [0.15, 0.2) is 11.6 Å². The number of amides is 1. The van der Waals surface area contributed by atoms with Crippen LogP contribution < -0.4 is 0 Å². The number of carbonyl (C=O) groups excluding carboxylic acids is 1. The van der Waals surface area contributed by atoms with Gasteiger partial charge in [0.1, 0.15) is 6.61 Å². The van der Waals surface area contributed by atoms with Crippen molar-refractivity contribution in [3.05, 3.63) is 53.4 Å². The summed E-state index contributed by atoms with van der Waals surface area (Å²) in [5.41, 5.74) is 1.69. The molecule has 1 aromatic heterocycles. The maximum atomic E-state index is 13.5. The number of aromatic nitrogens is 2. The molecule has 26 heavy (non-hydrogen) atoms. The lowest BCUT2D eigenvalue weighted by molar-refractivity contribution is -0.136. The van der Waals surface area contributed by atoms with E-state index in [-0.39, 0.29) is 18.6 Å². The van der Waals surface area contributed by atoms with Gasteiger partial charge < -0.3 is 9.64 Å². The van der Waals surface area contributed by atoms with Gasteiger partial charge in [0.2, 0.25) is 5.91 Å². The summed E-state index contributed by atoms with van der Waals surface area (Å²) in [5.74, 6) is -1.82. The van der Waals surface area contributed by atoms with E-state index in [0.717, 1.165) is 11.8 Å². The van der Waals surface area contributed by atoms with Crippen LogP contribution in [0.4, 0.5) is 8.78 Å². The monoisotopic (exact) mass is 364 g/mol. The molecule has 1 aromatic carbocycles. The number of hydrogen-bond acceptors (Lipinski definition) is 4. The van der Waals surface area contributed by atoms with E-state index in [1.807, 2.05) is 10.7 Å². The molecular formula is C18H22F2N4O2. The lowest BCUT2D eigenvalue weighted by atomic mass is 10.2. The van der Waals surface area contributed by atoms with Crippen LogP contribution in [-0.4, -0.2) is 58.8 Å². The molecule has 3 rings (SSSR count). The molecule has 0 N–H and O–H groups in total. The second kappa shape index (κ2) is 7.92. The molecule has 0 radical (unpaired) electrons. The molecular weight excluding hydrogens is 342 g/mol. The number of nitrogens with zero attached hydrogens (tertiary/aromatic N) is 4. The van der Waals surface area contributed by atoms with Crippen molar-refractivity contribution in [3.63, 3.8) is 0 Å². The second-order valence-corrected chi connectivity index (χ2v) is 6.64. The summed E-state index contributed by atoms with van der Waals surface area (Å²) >= 11 is 0. The van der Waals surface area contributed by atoms with Crippen LogP contribution in [0.1, 0.15) is 11.3 Å². The third-order valence-corrected chi connectivity index (χ3v) is 4.36. The molecule has 0 unspecified atom stereocenters. The number of likely N-dealkylation sites (N-methyl/N-ethyl adjacent to an activating group) is 1. The molecule has 140 valence electrons. The lowest BCUT2D eigenvalue weighted by Crippen LogP contribution is -2.36. The van der Waals surface area contributed by atoms with Gasteiger partial charge in [-0.15, -0.1) is 0 Å². The van der Waals surface area contributed by atoms with Crippen molar-refractivity contribution in [2.45, 2.75) is 25.7 Å². The van der Waals surface area contributed by atoms with Crippen LogP contribution in [0, 0.1) is 11.6 Å². The Hall–Kier alpha value is -2.32. The fraction of sp³-hybridized carbons (Fsp3) is 0.444. The van der Waals surface area contributed by atoms with Crippen LogP contribution >= 0.6 is 0 Å². The van der Waals surface area contributed by atoms with E-state index in [9.17, 15) is 13.6 Å². The maximum absolute atomic E-state index is 13.5. The maximum Gasteiger partial charge on any atom is 0.248 e. The van der Waals surface area contributed by atoms with Crippen LogP contribution in [0.2, 0.25) is 0 Å². The molecule has 6 nitrogen and oxygen atoms in total. The van der Waals surface area contributed by atoms with Crippen molar-refractivity contribution < 1.29 is 18.3 Å². The molecule has 2 heterocycles. The van der Waals surface area contributed by atoms with E-state index in [2.05, 4.69) is 10.00 Å². The van der Waals surface area contributed by atoms with Crippen LogP contribution in [0.25, 0.3) is 0 Å². The molecule has 0 saturated heterocycles. The van der Waals surface area contributed by atoms with Crippen molar-refractivity contribution in [1.29, 1.82) is 0 Å². The van der Waals surface area contributed by atoms with Gasteiger partial charge in [0.05, 0.1) is 18.3 Å². The molecule has 2 aromatic rings. The zero-order chi connectivity index (χ0) is 18.7. The molecule has 0 fully saturated rings. The first-order valence-corrected chi connectivity index (χ1v) is 8.41. The van der Waals surface area contributed by atoms with Gasteiger partial charge >= 0.3 is 0 Å². The predicted octanol–water partition coefficient (Wildman–Crippen LogP) is 1.65. The van der Waals surface area contributed by atoms with Gasteiger partial charge in [-0.3, -0.25) is 14.4 Å². The van der Waals surface area contributed by atoms with E-state index in [4.69, 9.17) is 4.74 Å². The minimum absolute atomic E-state index is 0.00666. The van der Waals surface area contributed by atoms with Gasteiger partial charge in [-0.25, -0.2) is 8.78 Å². The number of halogens is 2. The van der Waals surface area contributed by atoms with Crippen LogP contribution in [-0.2, 0) is 29.2 Å². The van der Waals surface area contributed by atoms with Gasteiger partial charge in [0, 0.05) is 39.9 Å². The normalized spacial score (nSPS) is 17.6. The molecule has 1 aliphatic rings. The summed E-state index contributed by atoms with van der Waals surface area (Å²) in [6.07, 6.45) is 1.49. The average Bonchev–Trinajstić information content (AvgIpc) is 2.95. The Kier molecular flexibility index (Phi) is 5.63. The quantitative estimate of drug-likeness (QED) is 0.810. The summed E-state index contributed by atoms with van der Waals surface area (Å²) in [5, 5.41) is 4.30. The number of benzene rings is 1. The van der Waals surface area contributed by atoms with Crippen LogP contribution in [0.3, 0.4) is 0 Å². The SMILES string of the molecule is CN(C)C(=O)CO[C@H]1CN(Cc2ccc(F)c(F)c2)Cc2ccnn2C1. The Balaban J connectivity index is 1.72. The molecule has 0 aliphatic carbocycles.